The van der Waals surface area contributed by atoms with E-state index in [4.69, 9.17) is 11.6 Å². The lowest BCUT2D eigenvalue weighted by atomic mass is 10.1. The van der Waals surface area contributed by atoms with Crippen molar-refractivity contribution in [3.05, 3.63) is 69.2 Å². The van der Waals surface area contributed by atoms with Crippen molar-refractivity contribution in [3.63, 3.8) is 0 Å². The van der Waals surface area contributed by atoms with Crippen LogP contribution in [0.2, 0.25) is 5.02 Å². The molecule has 0 aliphatic carbocycles. The molecule has 1 fully saturated rings. The highest BCUT2D eigenvalue weighted by atomic mass is 79.9. The van der Waals surface area contributed by atoms with E-state index in [0.29, 0.717) is 6.54 Å². The van der Waals surface area contributed by atoms with Gasteiger partial charge in [0, 0.05) is 42.2 Å². The highest BCUT2D eigenvalue weighted by Gasteiger charge is 2.19. The van der Waals surface area contributed by atoms with Gasteiger partial charge in [-0.2, -0.15) is 5.10 Å². The fourth-order valence-electron chi connectivity index (χ4n) is 3.09. The molecule has 1 N–H and O–H groups in total. The minimum atomic E-state index is -0.0809. The summed E-state index contributed by atoms with van der Waals surface area (Å²) in [6.45, 7) is 6.79. The lowest BCUT2D eigenvalue weighted by molar-refractivity contribution is -0.122. The first kappa shape index (κ1) is 21.0. The Hall–Kier alpha value is -1.73. The summed E-state index contributed by atoms with van der Waals surface area (Å²) < 4.78 is 1.02. The first-order valence-corrected chi connectivity index (χ1v) is 10.4. The SMILES string of the molecule is C/C(=N\NC(=O)CN1CCN(Cc2ccc(Cl)cc2)CC1)c1ccc(Br)cc1. The van der Waals surface area contributed by atoms with Crippen molar-refractivity contribution in [1.82, 2.24) is 15.2 Å². The molecule has 0 radical (unpaired) electrons. The molecule has 148 valence electrons. The predicted octanol–water partition coefficient (Wildman–Crippen LogP) is 3.76. The van der Waals surface area contributed by atoms with E-state index in [1.807, 2.05) is 43.3 Å². The number of benzene rings is 2. The van der Waals surface area contributed by atoms with E-state index in [2.05, 4.69) is 48.4 Å². The van der Waals surface area contributed by atoms with Crippen LogP contribution in [0.1, 0.15) is 18.1 Å². The molecular formula is C21H24BrClN4O. The van der Waals surface area contributed by atoms with Crippen molar-refractivity contribution in [1.29, 1.82) is 0 Å². The van der Waals surface area contributed by atoms with Gasteiger partial charge >= 0.3 is 0 Å². The van der Waals surface area contributed by atoms with Crippen molar-refractivity contribution in [2.24, 2.45) is 5.10 Å². The number of nitrogens with one attached hydrogen (secondary N) is 1. The Kier molecular flexibility index (Phi) is 7.62. The Bertz CT molecular complexity index is 815. The highest BCUT2D eigenvalue weighted by molar-refractivity contribution is 9.10. The van der Waals surface area contributed by atoms with Crippen molar-refractivity contribution < 1.29 is 4.79 Å². The van der Waals surface area contributed by atoms with Gasteiger partial charge < -0.3 is 0 Å². The van der Waals surface area contributed by atoms with E-state index in [9.17, 15) is 4.79 Å². The first-order valence-electron chi connectivity index (χ1n) is 9.28. The average molecular weight is 464 g/mol. The molecule has 1 amide bonds. The smallest absolute Gasteiger partial charge is 0.254 e. The quantitative estimate of drug-likeness (QED) is 0.524. The van der Waals surface area contributed by atoms with E-state index >= 15 is 0 Å². The van der Waals surface area contributed by atoms with Gasteiger partial charge in [0.25, 0.3) is 5.91 Å². The number of amides is 1. The molecule has 0 unspecified atom stereocenters. The van der Waals surface area contributed by atoms with Crippen LogP contribution in [-0.2, 0) is 11.3 Å². The molecule has 28 heavy (non-hydrogen) atoms. The predicted molar refractivity (Wildman–Crippen MR) is 118 cm³/mol. The Morgan fingerprint density at radius 1 is 1.04 bits per heavy atom. The van der Waals surface area contributed by atoms with Gasteiger partial charge in [0.15, 0.2) is 0 Å². The number of hydrogen-bond donors (Lipinski definition) is 1. The molecule has 5 nitrogen and oxygen atoms in total. The number of carbonyl (C=O) groups is 1. The summed E-state index contributed by atoms with van der Waals surface area (Å²) in [6, 6.07) is 15.8. The molecule has 1 aliphatic rings. The Labute approximate surface area is 179 Å². The molecule has 1 aliphatic heterocycles. The van der Waals surface area contributed by atoms with Crippen LogP contribution in [-0.4, -0.2) is 54.1 Å². The van der Waals surface area contributed by atoms with Gasteiger partial charge in [0.05, 0.1) is 12.3 Å². The van der Waals surface area contributed by atoms with Crippen LogP contribution in [0, 0.1) is 0 Å². The van der Waals surface area contributed by atoms with Crippen molar-refractivity contribution >= 4 is 39.1 Å². The first-order chi connectivity index (χ1) is 13.5. The zero-order valence-electron chi connectivity index (χ0n) is 15.9. The fourth-order valence-corrected chi connectivity index (χ4v) is 3.48. The van der Waals surface area contributed by atoms with Crippen molar-refractivity contribution in [2.45, 2.75) is 13.5 Å². The van der Waals surface area contributed by atoms with Gasteiger partial charge in [-0.25, -0.2) is 5.43 Å². The molecule has 2 aromatic carbocycles. The van der Waals surface area contributed by atoms with E-state index in [-0.39, 0.29) is 5.91 Å². The Morgan fingerprint density at radius 3 is 2.29 bits per heavy atom. The maximum atomic E-state index is 12.2. The summed E-state index contributed by atoms with van der Waals surface area (Å²) in [5, 5.41) is 4.98. The van der Waals surface area contributed by atoms with Crippen LogP contribution < -0.4 is 5.43 Å². The minimum absolute atomic E-state index is 0.0809. The lowest BCUT2D eigenvalue weighted by Gasteiger charge is -2.34. The molecule has 7 heteroatoms. The van der Waals surface area contributed by atoms with Crippen molar-refractivity contribution in [2.75, 3.05) is 32.7 Å². The number of halogens is 2. The second-order valence-corrected chi connectivity index (χ2v) is 8.27. The maximum absolute atomic E-state index is 12.2. The van der Waals surface area contributed by atoms with Crippen LogP contribution in [0.3, 0.4) is 0 Å². The molecule has 0 aromatic heterocycles. The summed E-state index contributed by atoms with van der Waals surface area (Å²) in [5.41, 5.74) is 5.70. The molecule has 1 heterocycles. The summed E-state index contributed by atoms with van der Waals surface area (Å²) >= 11 is 9.35. The number of hydrazone groups is 1. The molecule has 0 bridgehead atoms. The van der Waals surface area contributed by atoms with E-state index in [1.54, 1.807) is 0 Å². The van der Waals surface area contributed by atoms with Gasteiger partial charge in [-0.15, -0.1) is 0 Å². The summed E-state index contributed by atoms with van der Waals surface area (Å²) in [5.74, 6) is -0.0809. The molecular weight excluding hydrogens is 440 g/mol. The van der Waals surface area contributed by atoms with Gasteiger partial charge in [-0.1, -0.05) is 51.8 Å². The van der Waals surface area contributed by atoms with Crippen LogP contribution >= 0.6 is 27.5 Å². The molecule has 1 saturated heterocycles. The topological polar surface area (TPSA) is 47.9 Å². The molecule has 0 saturated carbocycles. The Morgan fingerprint density at radius 2 is 1.64 bits per heavy atom. The monoisotopic (exact) mass is 462 g/mol. The third-order valence-corrected chi connectivity index (χ3v) is 5.54. The standard InChI is InChI=1S/C21H24BrClN4O/c1-16(18-4-6-19(22)7-5-18)24-25-21(28)15-27-12-10-26(11-13-27)14-17-2-8-20(23)9-3-17/h2-9H,10-15H2,1H3,(H,25,28)/b24-16+. The van der Waals surface area contributed by atoms with E-state index in [1.165, 1.54) is 5.56 Å². The van der Waals surface area contributed by atoms with Gasteiger partial charge in [-0.3, -0.25) is 14.6 Å². The molecule has 2 aromatic rings. The average Bonchev–Trinajstić information content (AvgIpc) is 2.70. The summed E-state index contributed by atoms with van der Waals surface area (Å²) in [7, 11) is 0. The number of piperazine rings is 1. The number of carbonyl (C=O) groups excluding carboxylic acids is 1. The van der Waals surface area contributed by atoms with Crippen LogP contribution in [0.5, 0.6) is 0 Å². The summed E-state index contributed by atoms with van der Waals surface area (Å²) in [4.78, 5) is 16.8. The van der Waals surface area contributed by atoms with E-state index < -0.39 is 0 Å². The highest BCUT2D eigenvalue weighted by Crippen LogP contribution is 2.13. The zero-order chi connectivity index (χ0) is 19.9. The third-order valence-electron chi connectivity index (χ3n) is 4.76. The Balaban J connectivity index is 1.41. The fraction of sp³-hybridized carbons (Fsp3) is 0.333. The largest absolute Gasteiger partial charge is 0.297 e. The normalized spacial score (nSPS) is 16.2. The minimum Gasteiger partial charge on any atom is -0.297 e. The van der Waals surface area contributed by atoms with Gasteiger partial charge in [0.2, 0.25) is 0 Å². The summed E-state index contributed by atoms with van der Waals surface area (Å²) in [6.07, 6.45) is 0. The van der Waals surface area contributed by atoms with Crippen molar-refractivity contribution in [3.8, 4) is 0 Å². The van der Waals surface area contributed by atoms with Gasteiger partial charge in [-0.05, 0) is 42.3 Å². The molecule has 3 rings (SSSR count). The van der Waals surface area contributed by atoms with Crippen LogP contribution in [0.15, 0.2) is 58.1 Å². The third kappa shape index (κ3) is 6.41. The van der Waals surface area contributed by atoms with Crippen LogP contribution in [0.25, 0.3) is 0 Å². The number of hydrogen-bond acceptors (Lipinski definition) is 4. The second-order valence-electron chi connectivity index (χ2n) is 6.92. The number of rotatable bonds is 6. The molecule has 0 atom stereocenters. The van der Waals surface area contributed by atoms with Gasteiger partial charge in [0.1, 0.15) is 0 Å². The number of nitrogens with zero attached hydrogens (tertiary/aromatic N) is 3. The second kappa shape index (κ2) is 10.2. The molecule has 0 spiro atoms. The lowest BCUT2D eigenvalue weighted by Crippen LogP contribution is -2.48. The van der Waals surface area contributed by atoms with E-state index in [0.717, 1.165) is 53.5 Å². The van der Waals surface area contributed by atoms with Crippen LogP contribution in [0.4, 0.5) is 0 Å². The maximum Gasteiger partial charge on any atom is 0.254 e. The zero-order valence-corrected chi connectivity index (χ0v) is 18.2.